The van der Waals surface area contributed by atoms with E-state index in [1.165, 1.54) is 6.26 Å². The molecular formula is C13H14N2O4. The molecule has 0 atom stereocenters. The molecule has 0 aliphatic heterocycles. The lowest BCUT2D eigenvalue weighted by molar-refractivity contribution is 0.0519. The van der Waals surface area contributed by atoms with Crippen LogP contribution >= 0.6 is 0 Å². The summed E-state index contributed by atoms with van der Waals surface area (Å²) < 4.78 is 15.3. The number of benzene rings is 1. The SMILES string of the molecule is CCOC(=O)c1coc(Oc2cc(N)ccc2C)n1. The van der Waals surface area contributed by atoms with E-state index >= 15 is 0 Å². The molecule has 6 nitrogen and oxygen atoms in total. The van der Waals surface area contributed by atoms with Crippen molar-refractivity contribution >= 4 is 11.7 Å². The van der Waals surface area contributed by atoms with E-state index in [0.29, 0.717) is 11.4 Å². The van der Waals surface area contributed by atoms with Crippen LogP contribution in [-0.4, -0.2) is 17.6 Å². The number of rotatable bonds is 4. The van der Waals surface area contributed by atoms with E-state index in [9.17, 15) is 4.79 Å². The lowest BCUT2D eigenvalue weighted by Crippen LogP contribution is -2.04. The van der Waals surface area contributed by atoms with Crippen molar-refractivity contribution in [3.8, 4) is 11.8 Å². The second-order valence-corrected chi connectivity index (χ2v) is 3.85. The number of aromatic nitrogens is 1. The van der Waals surface area contributed by atoms with E-state index in [2.05, 4.69) is 4.98 Å². The Bertz CT molecular complexity index is 592. The lowest BCUT2D eigenvalue weighted by atomic mass is 10.2. The third-order valence-electron chi connectivity index (χ3n) is 2.38. The van der Waals surface area contributed by atoms with Gasteiger partial charge in [0.15, 0.2) is 5.69 Å². The highest BCUT2D eigenvalue weighted by atomic mass is 16.6. The smallest absolute Gasteiger partial charge is 0.399 e. The maximum absolute atomic E-state index is 11.4. The molecule has 0 radical (unpaired) electrons. The second kappa shape index (κ2) is 5.43. The molecular weight excluding hydrogens is 248 g/mol. The maximum atomic E-state index is 11.4. The molecule has 0 aliphatic carbocycles. The summed E-state index contributed by atoms with van der Waals surface area (Å²) in [4.78, 5) is 15.3. The Morgan fingerprint density at radius 3 is 3.00 bits per heavy atom. The lowest BCUT2D eigenvalue weighted by Gasteiger charge is -2.05. The molecule has 1 aromatic carbocycles. The zero-order valence-corrected chi connectivity index (χ0v) is 10.7. The maximum Gasteiger partial charge on any atom is 0.399 e. The molecule has 0 aliphatic rings. The highest BCUT2D eigenvalue weighted by Gasteiger charge is 2.15. The normalized spacial score (nSPS) is 10.2. The Kier molecular flexibility index (Phi) is 3.70. The van der Waals surface area contributed by atoms with Crippen LogP contribution in [0, 0.1) is 6.92 Å². The average Bonchev–Trinajstić information content (AvgIpc) is 2.83. The molecule has 6 heteroatoms. The van der Waals surface area contributed by atoms with E-state index in [-0.39, 0.29) is 18.4 Å². The zero-order chi connectivity index (χ0) is 13.8. The fourth-order valence-corrected chi connectivity index (χ4v) is 1.42. The highest BCUT2D eigenvalue weighted by Crippen LogP contribution is 2.26. The molecule has 0 saturated heterocycles. The first kappa shape index (κ1) is 12.9. The third-order valence-corrected chi connectivity index (χ3v) is 2.38. The van der Waals surface area contributed by atoms with Gasteiger partial charge in [0.05, 0.1) is 6.61 Å². The molecule has 0 amide bonds. The fraction of sp³-hybridized carbons (Fsp3) is 0.231. The number of carbonyl (C=O) groups excluding carboxylic acids is 1. The summed E-state index contributed by atoms with van der Waals surface area (Å²) >= 11 is 0. The molecule has 2 aromatic rings. The largest absolute Gasteiger partial charge is 0.461 e. The van der Waals surface area contributed by atoms with Gasteiger partial charge in [-0.2, -0.15) is 4.98 Å². The summed E-state index contributed by atoms with van der Waals surface area (Å²) in [5, 5.41) is 0. The topological polar surface area (TPSA) is 87.6 Å². The minimum absolute atomic E-state index is 0.0308. The molecule has 0 unspecified atom stereocenters. The van der Waals surface area contributed by atoms with Gasteiger partial charge < -0.3 is 19.6 Å². The van der Waals surface area contributed by atoms with Gasteiger partial charge in [-0.15, -0.1) is 0 Å². The first-order chi connectivity index (χ1) is 9.10. The van der Waals surface area contributed by atoms with Gasteiger partial charge in [-0.25, -0.2) is 4.79 Å². The number of anilines is 1. The molecule has 2 rings (SSSR count). The zero-order valence-electron chi connectivity index (χ0n) is 10.7. The van der Waals surface area contributed by atoms with Gasteiger partial charge in [-0.05, 0) is 25.5 Å². The predicted molar refractivity (Wildman–Crippen MR) is 68.1 cm³/mol. The Morgan fingerprint density at radius 2 is 2.26 bits per heavy atom. The number of nitrogen functional groups attached to an aromatic ring is 1. The van der Waals surface area contributed by atoms with Crippen LogP contribution in [0.3, 0.4) is 0 Å². The summed E-state index contributed by atoms with van der Waals surface area (Å²) in [7, 11) is 0. The molecule has 100 valence electrons. The number of carbonyl (C=O) groups is 1. The number of aryl methyl sites for hydroxylation is 1. The molecule has 2 N–H and O–H groups in total. The fourth-order valence-electron chi connectivity index (χ4n) is 1.42. The number of nitrogens with zero attached hydrogens (tertiary/aromatic N) is 1. The first-order valence-electron chi connectivity index (χ1n) is 5.76. The molecule has 1 aromatic heterocycles. The van der Waals surface area contributed by atoms with Crippen molar-refractivity contribution < 1.29 is 18.7 Å². The minimum Gasteiger partial charge on any atom is -0.461 e. The van der Waals surface area contributed by atoms with Crippen LogP contribution in [0.15, 0.2) is 28.9 Å². The van der Waals surface area contributed by atoms with Crippen molar-refractivity contribution in [1.82, 2.24) is 4.98 Å². The summed E-state index contributed by atoms with van der Waals surface area (Å²) in [5.74, 6) is -0.0253. The number of ether oxygens (including phenoxy) is 2. The van der Waals surface area contributed by atoms with Crippen molar-refractivity contribution in [3.63, 3.8) is 0 Å². The van der Waals surface area contributed by atoms with Crippen LogP contribution in [0.25, 0.3) is 0 Å². The highest BCUT2D eigenvalue weighted by molar-refractivity contribution is 5.86. The van der Waals surface area contributed by atoms with Crippen LogP contribution < -0.4 is 10.5 Å². The van der Waals surface area contributed by atoms with Crippen molar-refractivity contribution in [3.05, 3.63) is 35.7 Å². The number of nitrogens with two attached hydrogens (primary N) is 1. The Labute approximate surface area is 110 Å². The van der Waals surface area contributed by atoms with E-state index in [1.807, 2.05) is 13.0 Å². The molecule has 0 spiro atoms. The van der Waals surface area contributed by atoms with Gasteiger partial charge in [-0.1, -0.05) is 6.07 Å². The Hall–Kier alpha value is -2.50. The standard InChI is InChI=1S/C13H14N2O4/c1-3-17-12(16)10-7-18-13(15-10)19-11-6-9(14)5-4-8(11)2/h4-7H,3,14H2,1-2H3. The van der Waals surface area contributed by atoms with Crippen molar-refractivity contribution in [2.75, 3.05) is 12.3 Å². The second-order valence-electron chi connectivity index (χ2n) is 3.85. The third kappa shape index (κ3) is 3.04. The van der Waals surface area contributed by atoms with Crippen molar-refractivity contribution in [2.45, 2.75) is 13.8 Å². The summed E-state index contributed by atoms with van der Waals surface area (Å²) in [6.07, 6.45) is 1.16. The monoisotopic (exact) mass is 262 g/mol. The van der Waals surface area contributed by atoms with Gasteiger partial charge in [0, 0.05) is 11.8 Å². The van der Waals surface area contributed by atoms with E-state index in [4.69, 9.17) is 19.6 Å². The molecule has 19 heavy (non-hydrogen) atoms. The Morgan fingerprint density at radius 1 is 1.47 bits per heavy atom. The number of esters is 1. The van der Waals surface area contributed by atoms with Gasteiger partial charge >= 0.3 is 12.0 Å². The van der Waals surface area contributed by atoms with Crippen LogP contribution in [0.4, 0.5) is 5.69 Å². The van der Waals surface area contributed by atoms with Gasteiger partial charge in [0.25, 0.3) is 0 Å². The molecule has 0 bridgehead atoms. The average molecular weight is 262 g/mol. The summed E-state index contributed by atoms with van der Waals surface area (Å²) in [5.41, 5.74) is 7.18. The van der Waals surface area contributed by atoms with E-state index in [1.54, 1.807) is 19.1 Å². The van der Waals surface area contributed by atoms with Gasteiger partial charge in [-0.3, -0.25) is 0 Å². The van der Waals surface area contributed by atoms with E-state index in [0.717, 1.165) is 5.56 Å². The minimum atomic E-state index is -0.551. The van der Waals surface area contributed by atoms with E-state index < -0.39 is 5.97 Å². The van der Waals surface area contributed by atoms with Crippen LogP contribution in [0.1, 0.15) is 23.0 Å². The molecule has 0 saturated carbocycles. The van der Waals surface area contributed by atoms with Gasteiger partial charge in [0.2, 0.25) is 0 Å². The Balaban J connectivity index is 2.15. The van der Waals surface area contributed by atoms with Crippen molar-refractivity contribution in [1.29, 1.82) is 0 Å². The summed E-state index contributed by atoms with van der Waals surface area (Å²) in [6.45, 7) is 3.85. The van der Waals surface area contributed by atoms with Crippen LogP contribution in [-0.2, 0) is 4.74 Å². The quantitative estimate of drug-likeness (QED) is 0.673. The number of hydrogen-bond donors (Lipinski definition) is 1. The number of hydrogen-bond acceptors (Lipinski definition) is 6. The van der Waals surface area contributed by atoms with Crippen molar-refractivity contribution in [2.24, 2.45) is 0 Å². The molecule has 0 fully saturated rings. The summed E-state index contributed by atoms with van der Waals surface area (Å²) in [6, 6.07) is 5.24. The predicted octanol–water partition coefficient (Wildman–Crippen LogP) is 2.53. The van der Waals surface area contributed by atoms with Crippen LogP contribution in [0.2, 0.25) is 0 Å². The van der Waals surface area contributed by atoms with Gasteiger partial charge in [0.1, 0.15) is 12.0 Å². The first-order valence-corrected chi connectivity index (χ1v) is 5.76. The van der Waals surface area contributed by atoms with Crippen LogP contribution in [0.5, 0.6) is 11.8 Å². The molecule has 1 heterocycles. The number of oxazole rings is 1.